The van der Waals surface area contributed by atoms with E-state index >= 15 is 0 Å². The standard InChI is InChI=1S/C10H18N2O2/c1-8-9(6-11-10(8)13)7-14-5-4-12(2)3/h9H,1,4-7H2,2-3H3,(H,11,13). The van der Waals surface area contributed by atoms with Crippen molar-refractivity contribution in [1.82, 2.24) is 10.2 Å². The SMILES string of the molecule is C=C1C(=O)NCC1COCCN(C)C. The third-order valence-electron chi connectivity index (χ3n) is 2.30. The van der Waals surface area contributed by atoms with Gasteiger partial charge in [-0.25, -0.2) is 0 Å². The molecule has 1 amide bonds. The fourth-order valence-electron chi connectivity index (χ4n) is 1.27. The lowest BCUT2D eigenvalue weighted by atomic mass is 10.1. The summed E-state index contributed by atoms with van der Waals surface area (Å²) in [4.78, 5) is 13.1. The monoisotopic (exact) mass is 198 g/mol. The average molecular weight is 198 g/mol. The van der Waals surface area contributed by atoms with Gasteiger partial charge in [-0.15, -0.1) is 0 Å². The molecule has 0 aromatic carbocycles. The second-order valence-electron chi connectivity index (χ2n) is 3.81. The van der Waals surface area contributed by atoms with E-state index in [0.29, 0.717) is 25.3 Å². The number of likely N-dealkylation sites (N-methyl/N-ethyl adjacent to an activating group) is 1. The third-order valence-corrected chi connectivity index (χ3v) is 2.30. The number of amides is 1. The lowest BCUT2D eigenvalue weighted by molar-refractivity contribution is -0.116. The third kappa shape index (κ3) is 3.12. The van der Waals surface area contributed by atoms with E-state index in [2.05, 4.69) is 16.8 Å². The molecule has 0 saturated carbocycles. The van der Waals surface area contributed by atoms with Crippen LogP contribution in [0.5, 0.6) is 0 Å². The molecule has 0 aromatic rings. The summed E-state index contributed by atoms with van der Waals surface area (Å²) in [5, 5.41) is 2.74. The second-order valence-corrected chi connectivity index (χ2v) is 3.81. The smallest absolute Gasteiger partial charge is 0.247 e. The van der Waals surface area contributed by atoms with Crippen LogP contribution in [-0.4, -0.2) is 51.2 Å². The van der Waals surface area contributed by atoms with E-state index in [1.165, 1.54) is 0 Å². The van der Waals surface area contributed by atoms with Crippen molar-refractivity contribution in [2.45, 2.75) is 0 Å². The molecule has 1 rings (SSSR count). The minimum Gasteiger partial charge on any atom is -0.379 e. The molecule has 0 aliphatic carbocycles. The van der Waals surface area contributed by atoms with Crippen LogP contribution < -0.4 is 5.32 Å². The van der Waals surface area contributed by atoms with Gasteiger partial charge in [0.15, 0.2) is 0 Å². The molecule has 1 heterocycles. The van der Waals surface area contributed by atoms with Gasteiger partial charge in [0.2, 0.25) is 5.91 Å². The molecule has 1 saturated heterocycles. The molecule has 4 heteroatoms. The van der Waals surface area contributed by atoms with Gasteiger partial charge in [0, 0.05) is 24.6 Å². The van der Waals surface area contributed by atoms with Gasteiger partial charge in [0.1, 0.15) is 0 Å². The number of nitrogens with zero attached hydrogens (tertiary/aromatic N) is 1. The van der Waals surface area contributed by atoms with Crippen molar-refractivity contribution in [1.29, 1.82) is 0 Å². The largest absolute Gasteiger partial charge is 0.379 e. The van der Waals surface area contributed by atoms with Gasteiger partial charge < -0.3 is 15.0 Å². The highest BCUT2D eigenvalue weighted by Gasteiger charge is 2.25. The highest BCUT2D eigenvalue weighted by Crippen LogP contribution is 2.14. The predicted octanol–water partition coefficient (Wildman–Crippen LogP) is -0.133. The zero-order valence-corrected chi connectivity index (χ0v) is 8.88. The molecule has 1 N–H and O–H groups in total. The van der Waals surface area contributed by atoms with Gasteiger partial charge in [-0.05, 0) is 14.1 Å². The highest BCUT2D eigenvalue weighted by atomic mass is 16.5. The van der Waals surface area contributed by atoms with E-state index in [0.717, 1.165) is 6.54 Å². The zero-order valence-electron chi connectivity index (χ0n) is 8.88. The lowest BCUT2D eigenvalue weighted by Gasteiger charge is -2.12. The number of rotatable bonds is 5. The first-order chi connectivity index (χ1) is 6.61. The zero-order chi connectivity index (χ0) is 10.6. The summed E-state index contributed by atoms with van der Waals surface area (Å²) < 4.78 is 5.45. The Labute approximate surface area is 84.9 Å². The van der Waals surface area contributed by atoms with E-state index in [9.17, 15) is 4.79 Å². The van der Waals surface area contributed by atoms with Crippen LogP contribution in [0.2, 0.25) is 0 Å². The number of carbonyl (C=O) groups is 1. The molecule has 80 valence electrons. The van der Waals surface area contributed by atoms with Crippen LogP contribution in [0.3, 0.4) is 0 Å². The number of hydrogen-bond donors (Lipinski definition) is 1. The Morgan fingerprint density at radius 1 is 1.64 bits per heavy atom. The first kappa shape index (κ1) is 11.2. The van der Waals surface area contributed by atoms with E-state index in [-0.39, 0.29) is 11.8 Å². The Kier molecular flexibility index (Phi) is 4.10. The van der Waals surface area contributed by atoms with Crippen molar-refractivity contribution >= 4 is 5.91 Å². The Morgan fingerprint density at radius 2 is 2.36 bits per heavy atom. The first-order valence-electron chi connectivity index (χ1n) is 4.80. The predicted molar refractivity (Wildman–Crippen MR) is 55.0 cm³/mol. The van der Waals surface area contributed by atoms with E-state index in [4.69, 9.17) is 4.74 Å². The van der Waals surface area contributed by atoms with Crippen LogP contribution in [0.15, 0.2) is 12.2 Å². The molecule has 1 aliphatic rings. The maximum absolute atomic E-state index is 11.1. The molecule has 0 radical (unpaired) electrons. The summed E-state index contributed by atoms with van der Waals surface area (Å²) in [6.07, 6.45) is 0. The molecular weight excluding hydrogens is 180 g/mol. The van der Waals surface area contributed by atoms with Crippen molar-refractivity contribution in [3.05, 3.63) is 12.2 Å². The molecule has 0 bridgehead atoms. The van der Waals surface area contributed by atoms with Crippen molar-refractivity contribution < 1.29 is 9.53 Å². The Bertz CT molecular complexity index is 226. The molecule has 1 aliphatic heterocycles. The van der Waals surface area contributed by atoms with Gasteiger partial charge in [0.25, 0.3) is 0 Å². The van der Waals surface area contributed by atoms with Gasteiger partial charge in [0.05, 0.1) is 13.2 Å². The van der Waals surface area contributed by atoms with Crippen LogP contribution in [0.1, 0.15) is 0 Å². The van der Waals surface area contributed by atoms with Crippen LogP contribution in [0, 0.1) is 5.92 Å². The quantitative estimate of drug-likeness (QED) is 0.494. The average Bonchev–Trinajstić information content (AvgIpc) is 2.43. The Balaban J connectivity index is 2.13. The van der Waals surface area contributed by atoms with Crippen LogP contribution in [0.25, 0.3) is 0 Å². The van der Waals surface area contributed by atoms with Crippen LogP contribution in [0.4, 0.5) is 0 Å². The summed E-state index contributed by atoms with van der Waals surface area (Å²) in [5.74, 6) is 0.121. The van der Waals surface area contributed by atoms with Crippen molar-refractivity contribution in [3.63, 3.8) is 0 Å². The first-order valence-corrected chi connectivity index (χ1v) is 4.80. The lowest BCUT2D eigenvalue weighted by Crippen LogP contribution is -2.21. The minimum atomic E-state index is -0.0359. The molecule has 14 heavy (non-hydrogen) atoms. The topological polar surface area (TPSA) is 41.6 Å². The number of nitrogens with one attached hydrogen (secondary N) is 1. The number of carbonyl (C=O) groups excluding carboxylic acids is 1. The van der Waals surface area contributed by atoms with Gasteiger partial charge in [-0.2, -0.15) is 0 Å². The number of ether oxygens (including phenoxy) is 1. The molecule has 1 atom stereocenters. The molecule has 4 nitrogen and oxygen atoms in total. The summed E-state index contributed by atoms with van der Waals surface area (Å²) in [6, 6.07) is 0. The fraction of sp³-hybridized carbons (Fsp3) is 0.700. The number of hydrogen-bond acceptors (Lipinski definition) is 3. The van der Waals surface area contributed by atoms with E-state index < -0.39 is 0 Å². The van der Waals surface area contributed by atoms with Crippen LogP contribution >= 0.6 is 0 Å². The summed E-state index contributed by atoms with van der Waals surface area (Å²) in [5.41, 5.74) is 0.648. The molecule has 1 unspecified atom stereocenters. The van der Waals surface area contributed by atoms with Gasteiger partial charge >= 0.3 is 0 Å². The van der Waals surface area contributed by atoms with Crippen molar-refractivity contribution in [3.8, 4) is 0 Å². The molecular formula is C10H18N2O2. The fourth-order valence-corrected chi connectivity index (χ4v) is 1.27. The highest BCUT2D eigenvalue weighted by molar-refractivity contribution is 5.95. The van der Waals surface area contributed by atoms with E-state index in [1.807, 2.05) is 14.1 Å². The minimum absolute atomic E-state index is 0.0359. The van der Waals surface area contributed by atoms with Gasteiger partial charge in [-0.1, -0.05) is 6.58 Å². The van der Waals surface area contributed by atoms with E-state index in [1.54, 1.807) is 0 Å². The van der Waals surface area contributed by atoms with Gasteiger partial charge in [-0.3, -0.25) is 4.79 Å². The Morgan fingerprint density at radius 3 is 2.86 bits per heavy atom. The summed E-state index contributed by atoms with van der Waals surface area (Å²) >= 11 is 0. The maximum atomic E-state index is 11.1. The molecule has 1 fully saturated rings. The van der Waals surface area contributed by atoms with Crippen molar-refractivity contribution in [2.24, 2.45) is 5.92 Å². The summed E-state index contributed by atoms with van der Waals surface area (Å²) in [7, 11) is 4.01. The maximum Gasteiger partial charge on any atom is 0.247 e. The molecule has 0 aromatic heterocycles. The summed E-state index contributed by atoms with van der Waals surface area (Å²) in [6.45, 7) is 6.59. The second kappa shape index (κ2) is 5.12. The Hall–Kier alpha value is -0.870. The molecule has 0 spiro atoms. The normalized spacial score (nSPS) is 21.8. The van der Waals surface area contributed by atoms with Crippen molar-refractivity contribution in [2.75, 3.05) is 40.4 Å². The van der Waals surface area contributed by atoms with Crippen LogP contribution in [-0.2, 0) is 9.53 Å².